The van der Waals surface area contributed by atoms with Gasteiger partial charge in [-0.1, -0.05) is 54.2 Å². The molecule has 0 aromatic heterocycles. The highest BCUT2D eigenvalue weighted by Crippen LogP contribution is 2.42. The lowest BCUT2D eigenvalue weighted by atomic mass is 9.72. The summed E-state index contributed by atoms with van der Waals surface area (Å²) in [5, 5.41) is 0.692. The number of anilines is 2. The zero-order valence-corrected chi connectivity index (χ0v) is 20.3. The molecule has 2 amide bonds. The predicted molar refractivity (Wildman–Crippen MR) is 132 cm³/mol. The van der Waals surface area contributed by atoms with Gasteiger partial charge in [-0.25, -0.2) is 16.3 Å². The highest BCUT2D eigenvalue weighted by atomic mass is 35.5. The third kappa shape index (κ3) is 4.30. The van der Waals surface area contributed by atoms with Crippen molar-refractivity contribution in [3.8, 4) is 0 Å². The molecular formula is C24H28Cl2N6O2. The van der Waals surface area contributed by atoms with Crippen LogP contribution in [0.15, 0.2) is 42.5 Å². The van der Waals surface area contributed by atoms with Gasteiger partial charge in [-0.15, -0.1) is 0 Å². The third-order valence-corrected chi connectivity index (χ3v) is 7.94. The topological polar surface area (TPSA) is 97.5 Å². The summed E-state index contributed by atoms with van der Waals surface area (Å²) in [6.07, 6.45) is 4.17. The first-order valence-electron chi connectivity index (χ1n) is 11.6. The summed E-state index contributed by atoms with van der Waals surface area (Å²) in [5.41, 5.74) is 17.1. The minimum absolute atomic E-state index is 0.0286. The molecule has 3 aliphatic rings. The Morgan fingerprint density at radius 2 is 1.76 bits per heavy atom. The molecule has 5 atom stereocenters. The van der Waals surface area contributed by atoms with Gasteiger partial charge in [-0.2, -0.15) is 5.53 Å². The second kappa shape index (κ2) is 9.81. The number of carbonyl (C=O) groups is 2. The van der Waals surface area contributed by atoms with Crippen molar-refractivity contribution < 1.29 is 9.59 Å². The molecule has 8 nitrogen and oxygen atoms in total. The Balaban J connectivity index is 1.48. The monoisotopic (exact) mass is 502 g/mol. The maximum Gasteiger partial charge on any atom is 0.251 e. The average molecular weight is 503 g/mol. The van der Waals surface area contributed by atoms with Crippen LogP contribution in [0.25, 0.3) is 0 Å². The van der Waals surface area contributed by atoms with Gasteiger partial charge < -0.3 is 0 Å². The minimum Gasteiger partial charge on any atom is -0.291 e. The highest BCUT2D eigenvalue weighted by Gasteiger charge is 2.41. The van der Waals surface area contributed by atoms with E-state index in [1.807, 2.05) is 31.2 Å². The van der Waals surface area contributed by atoms with Gasteiger partial charge >= 0.3 is 0 Å². The fourth-order valence-corrected chi connectivity index (χ4v) is 5.68. The number of nitrogens with zero attached hydrogens (tertiary/aromatic N) is 1. The molecule has 0 bridgehead atoms. The fourth-order valence-electron chi connectivity index (χ4n) is 5.30. The van der Waals surface area contributed by atoms with E-state index in [1.165, 1.54) is 0 Å². The molecule has 3 fully saturated rings. The standard InChI is InChI=1S/C24H28Cl2N6O2/c1-13-21(29-31-27-13)24(34)32(19-8-4-7-18(25)20(19)26)15-11-9-14(10-12-15)22-16-5-2-3-6-17(16)23(33)30-28-22/h4,7-13,16-17,21-22,27-29,31H,2-3,5-6H2,1H3,(H,30,33). The van der Waals surface area contributed by atoms with Crippen LogP contribution < -0.4 is 32.1 Å². The quantitative estimate of drug-likeness (QED) is 0.438. The van der Waals surface area contributed by atoms with Gasteiger partial charge in [-0.05, 0) is 55.5 Å². The van der Waals surface area contributed by atoms with Crippen LogP contribution in [-0.2, 0) is 9.59 Å². The number of benzene rings is 2. The van der Waals surface area contributed by atoms with Gasteiger partial charge in [0.2, 0.25) is 5.91 Å². The van der Waals surface area contributed by atoms with Crippen LogP contribution in [0.5, 0.6) is 0 Å². The van der Waals surface area contributed by atoms with E-state index in [9.17, 15) is 9.59 Å². The SMILES string of the molecule is CC1NNNC1C(=O)N(c1ccc(C2NNC(=O)C3CCCCC32)cc1)c1cccc(Cl)c1Cl. The molecule has 10 heteroatoms. The molecule has 5 rings (SSSR count). The van der Waals surface area contributed by atoms with Gasteiger partial charge in [0, 0.05) is 17.6 Å². The normalized spacial score (nSPS) is 28.8. The van der Waals surface area contributed by atoms with E-state index >= 15 is 0 Å². The highest BCUT2D eigenvalue weighted by molar-refractivity contribution is 6.44. The predicted octanol–water partition coefficient (Wildman–Crippen LogP) is 3.51. The fraction of sp³-hybridized carbons (Fsp3) is 0.417. The first kappa shape index (κ1) is 23.5. The summed E-state index contributed by atoms with van der Waals surface area (Å²) in [6, 6.07) is 12.5. The number of hydrogen-bond donors (Lipinski definition) is 5. The van der Waals surface area contributed by atoms with Crippen molar-refractivity contribution in [2.75, 3.05) is 4.90 Å². The van der Waals surface area contributed by atoms with Crippen LogP contribution in [0, 0.1) is 11.8 Å². The second-order valence-corrected chi connectivity index (χ2v) is 9.97. The lowest BCUT2D eigenvalue weighted by Crippen LogP contribution is -2.55. The van der Waals surface area contributed by atoms with Crippen molar-refractivity contribution in [3.05, 3.63) is 58.1 Å². The van der Waals surface area contributed by atoms with E-state index in [0.717, 1.165) is 31.2 Å². The number of rotatable bonds is 4. The number of carbonyl (C=O) groups excluding carboxylic acids is 2. The van der Waals surface area contributed by atoms with Crippen molar-refractivity contribution in [1.82, 2.24) is 27.2 Å². The Labute approximate surface area is 208 Å². The summed E-state index contributed by atoms with van der Waals surface area (Å²) in [6.45, 7) is 1.92. The van der Waals surface area contributed by atoms with Crippen molar-refractivity contribution in [3.63, 3.8) is 0 Å². The molecule has 2 aromatic carbocycles. The van der Waals surface area contributed by atoms with E-state index in [2.05, 4.69) is 27.2 Å². The van der Waals surface area contributed by atoms with Crippen LogP contribution >= 0.6 is 23.2 Å². The second-order valence-electron chi connectivity index (χ2n) is 9.18. The Kier molecular flexibility index (Phi) is 6.79. The van der Waals surface area contributed by atoms with Crippen molar-refractivity contribution in [1.29, 1.82) is 0 Å². The molecule has 5 unspecified atom stereocenters. The minimum atomic E-state index is -0.507. The maximum atomic E-state index is 13.7. The number of halogens is 2. The molecule has 2 aliphatic heterocycles. The molecular weight excluding hydrogens is 475 g/mol. The Bertz CT molecular complexity index is 1080. The zero-order valence-electron chi connectivity index (χ0n) is 18.8. The molecule has 2 saturated heterocycles. The van der Waals surface area contributed by atoms with Crippen LogP contribution in [0.2, 0.25) is 10.0 Å². The van der Waals surface area contributed by atoms with Gasteiger partial charge in [0.1, 0.15) is 6.04 Å². The smallest absolute Gasteiger partial charge is 0.251 e. The van der Waals surface area contributed by atoms with Gasteiger partial charge in [0.15, 0.2) is 0 Å². The molecule has 180 valence electrons. The number of fused-ring (bicyclic) bond motifs is 1. The maximum absolute atomic E-state index is 13.7. The molecule has 1 saturated carbocycles. The van der Waals surface area contributed by atoms with Crippen LogP contribution in [0.4, 0.5) is 11.4 Å². The van der Waals surface area contributed by atoms with E-state index in [4.69, 9.17) is 23.2 Å². The molecule has 0 spiro atoms. The van der Waals surface area contributed by atoms with E-state index in [-0.39, 0.29) is 35.7 Å². The molecule has 2 aromatic rings. The third-order valence-electron chi connectivity index (χ3n) is 7.13. The summed E-state index contributed by atoms with van der Waals surface area (Å²) < 4.78 is 0. The summed E-state index contributed by atoms with van der Waals surface area (Å²) in [7, 11) is 0. The molecule has 0 radical (unpaired) electrons. The number of nitrogens with one attached hydrogen (secondary N) is 5. The number of hydrazine groups is 3. The zero-order chi connectivity index (χ0) is 23.8. The van der Waals surface area contributed by atoms with Gasteiger partial charge in [0.05, 0.1) is 21.8 Å². The molecule has 34 heavy (non-hydrogen) atoms. The Morgan fingerprint density at radius 3 is 2.50 bits per heavy atom. The van der Waals surface area contributed by atoms with E-state index in [1.54, 1.807) is 23.1 Å². The lowest BCUT2D eigenvalue weighted by molar-refractivity contribution is -0.133. The summed E-state index contributed by atoms with van der Waals surface area (Å²) in [4.78, 5) is 27.6. The lowest BCUT2D eigenvalue weighted by Gasteiger charge is -2.41. The largest absolute Gasteiger partial charge is 0.291 e. The van der Waals surface area contributed by atoms with Crippen molar-refractivity contribution >= 4 is 46.4 Å². The number of hydrogen-bond acceptors (Lipinski definition) is 6. The summed E-state index contributed by atoms with van der Waals surface area (Å²) in [5.74, 6) is 0.217. The molecule has 1 aliphatic carbocycles. The summed E-state index contributed by atoms with van der Waals surface area (Å²) >= 11 is 12.8. The Morgan fingerprint density at radius 1 is 1.00 bits per heavy atom. The van der Waals surface area contributed by atoms with Crippen molar-refractivity contribution in [2.24, 2.45) is 11.8 Å². The number of amides is 2. The van der Waals surface area contributed by atoms with Crippen molar-refractivity contribution in [2.45, 2.75) is 50.7 Å². The molecule has 2 heterocycles. The van der Waals surface area contributed by atoms with E-state index in [0.29, 0.717) is 21.4 Å². The average Bonchev–Trinajstić information content (AvgIpc) is 3.29. The van der Waals surface area contributed by atoms with Crippen LogP contribution in [0.3, 0.4) is 0 Å². The first-order chi connectivity index (χ1) is 16.5. The van der Waals surface area contributed by atoms with Crippen LogP contribution in [-0.4, -0.2) is 23.9 Å². The van der Waals surface area contributed by atoms with Gasteiger partial charge in [0.25, 0.3) is 5.91 Å². The van der Waals surface area contributed by atoms with Gasteiger partial charge in [-0.3, -0.25) is 19.9 Å². The molecule has 5 N–H and O–H groups in total. The van der Waals surface area contributed by atoms with E-state index < -0.39 is 6.04 Å². The first-order valence-corrected chi connectivity index (χ1v) is 12.4. The Hall–Kier alpha value is -2.20. The van der Waals surface area contributed by atoms with Crippen LogP contribution in [0.1, 0.15) is 44.2 Å².